The molecule has 13 heteroatoms. The number of halogens is 1. The molecular formula is C26H30BrN5O6S. The summed E-state index contributed by atoms with van der Waals surface area (Å²) < 4.78 is 44.7. The average molecular weight is 621 g/mol. The van der Waals surface area contributed by atoms with E-state index in [0.29, 0.717) is 81.9 Å². The number of methoxy groups -OCH3 is 1. The topological polar surface area (TPSA) is 127 Å². The molecule has 0 spiro atoms. The highest BCUT2D eigenvalue weighted by Gasteiger charge is 2.29. The van der Waals surface area contributed by atoms with Crippen LogP contribution >= 0.6 is 15.9 Å². The second kappa shape index (κ2) is 12.1. The Labute approximate surface area is 235 Å². The first-order valence-electron chi connectivity index (χ1n) is 12.7. The summed E-state index contributed by atoms with van der Waals surface area (Å²) in [4.78, 5) is 19.9. The van der Waals surface area contributed by atoms with E-state index in [1.807, 2.05) is 24.3 Å². The molecular weight excluding hydrogens is 590 g/mol. The standard InChI is InChI=1S/C26H30BrN5O6S/c1-36-23-6-5-21(39(34,35)32-11-13-37-14-12-32)16-22(23)28-26(33)18-7-9-31(10-8-18)17-24-29-25(30-38-24)19-3-2-4-20(27)15-19/h2-6,15-16,18H,7-14,17H2,1H3,(H,28,33). The number of anilines is 1. The van der Waals surface area contributed by atoms with Crippen LogP contribution < -0.4 is 10.1 Å². The number of carbonyl (C=O) groups excluding carboxylic acids is 1. The molecule has 1 N–H and O–H groups in total. The van der Waals surface area contributed by atoms with Gasteiger partial charge in [0.15, 0.2) is 0 Å². The highest BCUT2D eigenvalue weighted by molar-refractivity contribution is 9.10. The number of benzene rings is 2. The molecule has 2 fully saturated rings. The monoisotopic (exact) mass is 619 g/mol. The number of rotatable bonds is 8. The maximum atomic E-state index is 13.1. The van der Waals surface area contributed by atoms with Crippen LogP contribution in [0.15, 0.2) is 56.4 Å². The normalized spacial score (nSPS) is 17.7. The Morgan fingerprint density at radius 3 is 2.62 bits per heavy atom. The maximum Gasteiger partial charge on any atom is 0.243 e. The summed E-state index contributed by atoms with van der Waals surface area (Å²) in [7, 11) is -2.22. The second-order valence-corrected chi connectivity index (χ2v) is 12.3. The SMILES string of the molecule is COc1ccc(S(=O)(=O)N2CCOCC2)cc1NC(=O)C1CCN(Cc2nc(-c3cccc(Br)c3)no2)CC1. The van der Waals surface area contributed by atoms with Crippen molar-refractivity contribution in [3.63, 3.8) is 0 Å². The van der Waals surface area contributed by atoms with E-state index in [1.165, 1.54) is 23.5 Å². The van der Waals surface area contributed by atoms with Gasteiger partial charge in [0.05, 0.1) is 37.5 Å². The largest absolute Gasteiger partial charge is 0.495 e. The predicted octanol–water partition coefficient (Wildman–Crippen LogP) is 3.38. The first-order chi connectivity index (χ1) is 18.8. The number of hydrogen-bond acceptors (Lipinski definition) is 9. The summed E-state index contributed by atoms with van der Waals surface area (Å²) in [6.07, 6.45) is 1.29. The third-order valence-corrected chi connectivity index (χ3v) is 9.29. The van der Waals surface area contributed by atoms with Gasteiger partial charge in [0.2, 0.25) is 27.6 Å². The lowest BCUT2D eigenvalue weighted by Gasteiger charge is -2.30. The number of aromatic nitrogens is 2. The number of nitrogens with zero attached hydrogens (tertiary/aromatic N) is 4. The van der Waals surface area contributed by atoms with E-state index in [9.17, 15) is 13.2 Å². The van der Waals surface area contributed by atoms with Crippen molar-refractivity contribution < 1.29 is 27.2 Å². The number of hydrogen-bond donors (Lipinski definition) is 1. The molecule has 2 aromatic carbocycles. The molecule has 39 heavy (non-hydrogen) atoms. The van der Waals surface area contributed by atoms with Crippen LogP contribution in [-0.4, -0.2) is 80.2 Å². The number of nitrogens with one attached hydrogen (secondary N) is 1. The van der Waals surface area contributed by atoms with Crippen LogP contribution in [0.25, 0.3) is 11.4 Å². The van der Waals surface area contributed by atoms with Gasteiger partial charge in [0, 0.05) is 29.0 Å². The van der Waals surface area contributed by atoms with Gasteiger partial charge in [0.1, 0.15) is 5.75 Å². The van der Waals surface area contributed by atoms with Crippen molar-refractivity contribution in [3.8, 4) is 17.1 Å². The third-order valence-electron chi connectivity index (χ3n) is 6.90. The van der Waals surface area contributed by atoms with E-state index >= 15 is 0 Å². The van der Waals surface area contributed by atoms with Gasteiger partial charge in [-0.25, -0.2) is 8.42 Å². The molecule has 5 rings (SSSR count). The van der Waals surface area contributed by atoms with E-state index in [0.717, 1.165) is 10.0 Å². The number of carbonyl (C=O) groups is 1. The van der Waals surface area contributed by atoms with Crippen LogP contribution in [0.1, 0.15) is 18.7 Å². The fourth-order valence-electron chi connectivity index (χ4n) is 4.72. The van der Waals surface area contributed by atoms with E-state index in [4.69, 9.17) is 14.0 Å². The lowest BCUT2D eigenvalue weighted by Crippen LogP contribution is -2.40. The van der Waals surface area contributed by atoms with Gasteiger partial charge in [-0.15, -0.1) is 0 Å². The van der Waals surface area contributed by atoms with Crippen molar-refractivity contribution in [1.29, 1.82) is 0 Å². The number of likely N-dealkylation sites (tertiary alicyclic amines) is 1. The molecule has 0 atom stereocenters. The molecule has 0 saturated carbocycles. The van der Waals surface area contributed by atoms with Crippen molar-refractivity contribution in [2.45, 2.75) is 24.3 Å². The number of morpholine rings is 1. The molecule has 0 radical (unpaired) electrons. The zero-order valence-electron chi connectivity index (χ0n) is 21.5. The summed E-state index contributed by atoms with van der Waals surface area (Å²) >= 11 is 3.45. The molecule has 0 unspecified atom stereocenters. The Morgan fingerprint density at radius 2 is 1.90 bits per heavy atom. The van der Waals surface area contributed by atoms with Gasteiger partial charge in [-0.2, -0.15) is 9.29 Å². The average Bonchev–Trinajstić information content (AvgIpc) is 3.42. The molecule has 208 valence electrons. The van der Waals surface area contributed by atoms with Crippen LogP contribution in [0.2, 0.25) is 0 Å². The van der Waals surface area contributed by atoms with E-state index in [2.05, 4.69) is 36.3 Å². The quantitative estimate of drug-likeness (QED) is 0.403. The molecule has 0 bridgehead atoms. The van der Waals surface area contributed by atoms with Crippen molar-refractivity contribution in [3.05, 3.63) is 52.8 Å². The minimum atomic E-state index is -3.71. The lowest BCUT2D eigenvalue weighted by atomic mass is 9.96. The fraction of sp³-hybridized carbons (Fsp3) is 0.423. The van der Waals surface area contributed by atoms with Crippen molar-refractivity contribution in [2.24, 2.45) is 5.92 Å². The zero-order valence-corrected chi connectivity index (χ0v) is 23.9. The molecule has 3 aromatic rings. The Hall–Kier alpha value is -2.84. The Bertz CT molecular complexity index is 1420. The van der Waals surface area contributed by atoms with Crippen LogP contribution in [0.4, 0.5) is 5.69 Å². The molecule has 2 aliphatic rings. The lowest BCUT2D eigenvalue weighted by molar-refractivity contribution is -0.121. The predicted molar refractivity (Wildman–Crippen MR) is 147 cm³/mol. The summed E-state index contributed by atoms with van der Waals surface area (Å²) in [5.74, 6) is 1.08. The van der Waals surface area contributed by atoms with Crippen LogP contribution in [0, 0.1) is 5.92 Å². The Kier molecular flexibility index (Phi) is 8.62. The maximum absolute atomic E-state index is 13.1. The molecule has 2 saturated heterocycles. The minimum absolute atomic E-state index is 0.108. The van der Waals surface area contributed by atoms with Gasteiger partial charge in [-0.3, -0.25) is 9.69 Å². The van der Waals surface area contributed by atoms with Gasteiger partial charge < -0.3 is 19.3 Å². The molecule has 11 nitrogen and oxygen atoms in total. The van der Waals surface area contributed by atoms with Gasteiger partial charge >= 0.3 is 0 Å². The highest BCUT2D eigenvalue weighted by Crippen LogP contribution is 2.31. The number of ether oxygens (including phenoxy) is 2. The van der Waals surface area contributed by atoms with Crippen molar-refractivity contribution in [1.82, 2.24) is 19.3 Å². The molecule has 1 aromatic heterocycles. The first kappa shape index (κ1) is 27.7. The summed E-state index contributed by atoms with van der Waals surface area (Å²) in [5.41, 5.74) is 1.21. The van der Waals surface area contributed by atoms with Gasteiger partial charge in [-0.1, -0.05) is 33.2 Å². The van der Waals surface area contributed by atoms with Gasteiger partial charge in [-0.05, 0) is 56.3 Å². The number of sulfonamides is 1. The molecule has 1 amide bonds. The second-order valence-electron chi connectivity index (χ2n) is 9.44. The van der Waals surface area contributed by atoms with E-state index in [1.54, 1.807) is 6.07 Å². The van der Waals surface area contributed by atoms with Crippen LogP contribution in [0.3, 0.4) is 0 Å². The number of amides is 1. The molecule has 0 aliphatic carbocycles. The molecule has 2 aliphatic heterocycles. The first-order valence-corrected chi connectivity index (χ1v) is 14.9. The van der Waals surface area contributed by atoms with Gasteiger partial charge in [0.25, 0.3) is 0 Å². The third kappa shape index (κ3) is 6.49. The van der Waals surface area contributed by atoms with E-state index in [-0.39, 0.29) is 16.7 Å². The summed E-state index contributed by atoms with van der Waals surface area (Å²) in [6, 6.07) is 12.2. The molecule has 3 heterocycles. The van der Waals surface area contributed by atoms with Crippen molar-refractivity contribution in [2.75, 3.05) is 51.8 Å². The zero-order chi connectivity index (χ0) is 27.4. The van der Waals surface area contributed by atoms with Crippen molar-refractivity contribution >= 4 is 37.5 Å². The van der Waals surface area contributed by atoms with Crippen LogP contribution in [0.5, 0.6) is 5.75 Å². The minimum Gasteiger partial charge on any atom is -0.495 e. The highest BCUT2D eigenvalue weighted by atomic mass is 79.9. The fourth-order valence-corrected chi connectivity index (χ4v) is 6.56. The van der Waals surface area contributed by atoms with Crippen LogP contribution in [-0.2, 0) is 26.1 Å². The summed E-state index contributed by atoms with van der Waals surface area (Å²) in [6.45, 7) is 3.19. The Balaban J connectivity index is 1.19. The number of piperidine rings is 1. The summed E-state index contributed by atoms with van der Waals surface area (Å²) in [5, 5.41) is 6.99. The Morgan fingerprint density at radius 1 is 1.13 bits per heavy atom. The van der Waals surface area contributed by atoms with E-state index < -0.39 is 10.0 Å². The smallest absolute Gasteiger partial charge is 0.243 e.